The van der Waals surface area contributed by atoms with Gasteiger partial charge in [0.15, 0.2) is 0 Å². The molecule has 2 unspecified atom stereocenters. The number of carbonyl (C=O) groups excluding carboxylic acids is 1. The molecule has 2 atom stereocenters. The topological polar surface area (TPSA) is 70.1 Å². The summed E-state index contributed by atoms with van der Waals surface area (Å²) in [6.45, 7) is 9.20. The van der Waals surface area contributed by atoms with Crippen molar-refractivity contribution in [2.24, 2.45) is 17.3 Å². The number of likely N-dealkylation sites (tertiary alicyclic amines) is 1. The van der Waals surface area contributed by atoms with E-state index in [1.54, 1.807) is 4.90 Å². The predicted octanol–water partition coefficient (Wildman–Crippen LogP) is 4.49. The van der Waals surface area contributed by atoms with Gasteiger partial charge in [0.1, 0.15) is 0 Å². The van der Waals surface area contributed by atoms with E-state index in [1.807, 2.05) is 24.3 Å². The zero-order chi connectivity index (χ0) is 21.2. The van der Waals surface area contributed by atoms with Crippen LogP contribution in [0.25, 0.3) is 0 Å². The van der Waals surface area contributed by atoms with Crippen LogP contribution in [-0.4, -0.2) is 54.9 Å². The number of methoxy groups -OCH3 is 1. The highest BCUT2D eigenvalue weighted by Gasteiger charge is 2.39. The maximum absolute atomic E-state index is 11.7. The number of esters is 1. The summed E-state index contributed by atoms with van der Waals surface area (Å²) < 4.78 is 4.81. The molecule has 2 aliphatic heterocycles. The number of nitrogens with zero attached hydrogens (tertiary/aromatic N) is 2. The van der Waals surface area contributed by atoms with E-state index in [2.05, 4.69) is 25.7 Å². The summed E-state index contributed by atoms with van der Waals surface area (Å²) in [5.41, 5.74) is 1.85. The number of anilines is 1. The van der Waals surface area contributed by atoms with E-state index in [1.165, 1.54) is 7.11 Å². The number of carbonyl (C=O) groups is 2. The number of ether oxygens (including phenoxy) is 1. The normalized spacial score (nSPS) is 23.7. The molecule has 1 aromatic rings. The highest BCUT2D eigenvalue weighted by molar-refractivity contribution is 5.89. The van der Waals surface area contributed by atoms with Crippen LogP contribution in [0.5, 0.6) is 0 Å². The lowest BCUT2D eigenvalue weighted by Crippen LogP contribution is -2.51. The van der Waals surface area contributed by atoms with Crippen LogP contribution in [0.15, 0.2) is 24.3 Å². The number of carboxylic acid groups (broad SMARTS) is 1. The molecule has 6 heteroatoms. The number of benzene rings is 1. The SMILES string of the molecule is COC(=O)c1ccc(N2CCC(C3CCN(C(=O)O)CC3)CC2C(C)(C)C)cc1. The minimum atomic E-state index is -0.791. The van der Waals surface area contributed by atoms with Crippen LogP contribution in [0.1, 0.15) is 56.8 Å². The zero-order valence-corrected chi connectivity index (χ0v) is 18.1. The number of amides is 1. The molecule has 3 rings (SSSR count). The van der Waals surface area contributed by atoms with Gasteiger partial charge in [-0.1, -0.05) is 20.8 Å². The van der Waals surface area contributed by atoms with E-state index >= 15 is 0 Å². The van der Waals surface area contributed by atoms with Crippen LogP contribution in [-0.2, 0) is 4.74 Å². The fourth-order valence-electron chi connectivity index (χ4n) is 5.02. The third kappa shape index (κ3) is 4.85. The Balaban J connectivity index is 1.71. The van der Waals surface area contributed by atoms with Gasteiger partial charge in [0, 0.05) is 31.4 Å². The van der Waals surface area contributed by atoms with Crippen molar-refractivity contribution in [3.05, 3.63) is 29.8 Å². The molecular weight excluding hydrogens is 368 g/mol. The van der Waals surface area contributed by atoms with Gasteiger partial charge < -0.3 is 19.6 Å². The summed E-state index contributed by atoms with van der Waals surface area (Å²) in [6.07, 6.45) is 3.41. The van der Waals surface area contributed by atoms with Crippen LogP contribution in [0.3, 0.4) is 0 Å². The first-order valence-electron chi connectivity index (χ1n) is 10.6. The molecule has 0 saturated carbocycles. The Morgan fingerprint density at radius 2 is 1.59 bits per heavy atom. The van der Waals surface area contributed by atoms with Crippen molar-refractivity contribution in [1.29, 1.82) is 0 Å². The van der Waals surface area contributed by atoms with Crippen molar-refractivity contribution >= 4 is 17.7 Å². The van der Waals surface area contributed by atoms with Crippen molar-refractivity contribution in [2.45, 2.75) is 52.5 Å². The zero-order valence-electron chi connectivity index (χ0n) is 18.1. The van der Waals surface area contributed by atoms with Gasteiger partial charge in [-0.05, 0) is 67.2 Å². The van der Waals surface area contributed by atoms with Crippen LogP contribution >= 0.6 is 0 Å². The molecule has 29 heavy (non-hydrogen) atoms. The van der Waals surface area contributed by atoms with Crippen LogP contribution in [0, 0.1) is 17.3 Å². The van der Waals surface area contributed by atoms with Gasteiger partial charge in [0.2, 0.25) is 0 Å². The Labute approximate surface area is 173 Å². The third-order valence-electron chi connectivity index (χ3n) is 6.74. The van der Waals surface area contributed by atoms with E-state index in [9.17, 15) is 14.7 Å². The molecule has 2 heterocycles. The molecule has 1 aromatic carbocycles. The molecule has 2 fully saturated rings. The van der Waals surface area contributed by atoms with Crippen molar-refractivity contribution in [3.63, 3.8) is 0 Å². The molecule has 1 amide bonds. The standard InChI is InChI=1S/C23H34N2O4/c1-23(2,3)20-15-18(16-9-12-24(13-10-16)22(27)28)11-14-25(20)19-7-5-17(6-8-19)21(26)29-4/h5-8,16,18,20H,9-15H2,1-4H3,(H,27,28). The molecule has 0 aliphatic carbocycles. The Hall–Kier alpha value is -2.24. The van der Waals surface area contributed by atoms with Gasteiger partial charge in [-0.2, -0.15) is 0 Å². The lowest BCUT2D eigenvalue weighted by atomic mass is 9.71. The van der Waals surface area contributed by atoms with Crippen LogP contribution in [0.2, 0.25) is 0 Å². The van der Waals surface area contributed by atoms with Crippen LogP contribution in [0.4, 0.5) is 10.5 Å². The largest absolute Gasteiger partial charge is 0.465 e. The predicted molar refractivity (Wildman–Crippen MR) is 113 cm³/mol. The van der Waals surface area contributed by atoms with Gasteiger partial charge in [0.05, 0.1) is 12.7 Å². The highest BCUT2D eigenvalue weighted by Crippen LogP contribution is 2.42. The molecular formula is C23H34N2O4. The second kappa shape index (κ2) is 8.64. The second-order valence-corrected chi connectivity index (χ2v) is 9.51. The van der Waals surface area contributed by atoms with Gasteiger partial charge in [-0.25, -0.2) is 9.59 Å². The van der Waals surface area contributed by atoms with Crippen molar-refractivity contribution in [2.75, 3.05) is 31.6 Å². The van der Waals surface area contributed by atoms with Crippen molar-refractivity contribution < 1.29 is 19.4 Å². The van der Waals surface area contributed by atoms with E-state index in [0.717, 1.165) is 37.9 Å². The lowest BCUT2D eigenvalue weighted by molar-refractivity contribution is 0.0600. The average Bonchev–Trinajstić information content (AvgIpc) is 2.72. The van der Waals surface area contributed by atoms with Crippen molar-refractivity contribution in [3.8, 4) is 0 Å². The number of hydrogen-bond acceptors (Lipinski definition) is 4. The van der Waals surface area contributed by atoms with Gasteiger partial charge >= 0.3 is 12.1 Å². The summed E-state index contributed by atoms with van der Waals surface area (Å²) in [5, 5.41) is 9.20. The average molecular weight is 403 g/mol. The Kier molecular flexibility index (Phi) is 6.39. The molecule has 160 valence electrons. The Bertz CT molecular complexity index is 717. The third-order valence-corrected chi connectivity index (χ3v) is 6.74. The first-order chi connectivity index (χ1) is 13.7. The van der Waals surface area contributed by atoms with Gasteiger partial charge in [0.25, 0.3) is 0 Å². The number of rotatable bonds is 3. The maximum Gasteiger partial charge on any atom is 0.407 e. The molecule has 0 spiro atoms. The lowest BCUT2D eigenvalue weighted by Gasteiger charge is -2.49. The minimum absolute atomic E-state index is 0.126. The first kappa shape index (κ1) is 21.5. The molecule has 2 saturated heterocycles. The van der Waals surface area contributed by atoms with E-state index in [4.69, 9.17) is 4.74 Å². The monoisotopic (exact) mass is 402 g/mol. The Morgan fingerprint density at radius 3 is 2.10 bits per heavy atom. The van der Waals surface area contributed by atoms with Gasteiger partial charge in [-0.15, -0.1) is 0 Å². The van der Waals surface area contributed by atoms with Gasteiger partial charge in [-0.3, -0.25) is 0 Å². The molecule has 6 nitrogen and oxygen atoms in total. The molecule has 1 N–H and O–H groups in total. The van der Waals surface area contributed by atoms with Crippen LogP contribution < -0.4 is 4.90 Å². The highest BCUT2D eigenvalue weighted by atomic mass is 16.5. The summed E-state index contributed by atoms with van der Waals surface area (Å²) in [6, 6.07) is 8.14. The molecule has 0 aromatic heterocycles. The molecule has 0 bridgehead atoms. The quantitative estimate of drug-likeness (QED) is 0.754. The van der Waals surface area contributed by atoms with E-state index in [-0.39, 0.29) is 11.4 Å². The number of piperidine rings is 2. The Morgan fingerprint density at radius 1 is 1.00 bits per heavy atom. The van der Waals surface area contributed by atoms with E-state index < -0.39 is 6.09 Å². The smallest absolute Gasteiger partial charge is 0.407 e. The maximum atomic E-state index is 11.7. The van der Waals surface area contributed by atoms with E-state index in [0.29, 0.717) is 36.5 Å². The summed E-state index contributed by atoms with van der Waals surface area (Å²) in [7, 11) is 1.40. The summed E-state index contributed by atoms with van der Waals surface area (Å²) in [5.74, 6) is 0.940. The fraction of sp³-hybridized carbons (Fsp3) is 0.652. The first-order valence-corrected chi connectivity index (χ1v) is 10.6. The fourth-order valence-corrected chi connectivity index (χ4v) is 5.02. The number of hydrogen-bond donors (Lipinski definition) is 1. The molecule has 0 radical (unpaired) electrons. The minimum Gasteiger partial charge on any atom is -0.465 e. The van der Waals surface area contributed by atoms with Crippen molar-refractivity contribution in [1.82, 2.24) is 4.90 Å². The summed E-state index contributed by atoms with van der Waals surface area (Å²) >= 11 is 0. The second-order valence-electron chi connectivity index (χ2n) is 9.51. The summed E-state index contributed by atoms with van der Waals surface area (Å²) in [4.78, 5) is 27.0. The molecule has 2 aliphatic rings.